The zero-order chi connectivity index (χ0) is 19.0. The predicted octanol–water partition coefficient (Wildman–Crippen LogP) is 3.10. The van der Waals surface area contributed by atoms with Crippen molar-refractivity contribution in [1.29, 1.82) is 0 Å². The van der Waals surface area contributed by atoms with E-state index in [1.54, 1.807) is 29.1 Å². The highest BCUT2D eigenvalue weighted by molar-refractivity contribution is 6.32. The highest BCUT2D eigenvalue weighted by Gasteiger charge is 2.28. The molecule has 0 spiro atoms. The van der Waals surface area contributed by atoms with E-state index in [4.69, 9.17) is 21.1 Å². The lowest BCUT2D eigenvalue weighted by molar-refractivity contribution is 0.0924. The second kappa shape index (κ2) is 6.92. The molecular formula is C19H17ClN4O3. The average Bonchev–Trinajstić information content (AvgIpc) is 3.28. The monoisotopic (exact) mass is 384 g/mol. The second-order valence-electron chi connectivity index (χ2n) is 6.14. The Morgan fingerprint density at radius 2 is 2.22 bits per heavy atom. The third kappa shape index (κ3) is 3.21. The summed E-state index contributed by atoms with van der Waals surface area (Å²) in [7, 11) is 1.51. The van der Waals surface area contributed by atoms with Crippen molar-refractivity contribution in [2.75, 3.05) is 13.7 Å². The van der Waals surface area contributed by atoms with Crippen LogP contribution in [0.2, 0.25) is 5.02 Å². The number of nitrogens with one attached hydrogen (secondary N) is 1. The van der Waals surface area contributed by atoms with E-state index in [9.17, 15) is 4.79 Å². The number of rotatable bonds is 4. The van der Waals surface area contributed by atoms with Crippen LogP contribution < -0.4 is 14.8 Å². The Balaban J connectivity index is 1.58. The molecule has 1 aliphatic rings. The van der Waals surface area contributed by atoms with Gasteiger partial charge in [-0.3, -0.25) is 4.79 Å². The Morgan fingerprint density at radius 3 is 2.96 bits per heavy atom. The highest BCUT2D eigenvalue weighted by atomic mass is 35.5. The minimum Gasteiger partial charge on any atom is -0.489 e. The number of aromatic nitrogens is 3. The molecule has 0 radical (unpaired) electrons. The number of methoxy groups -OCH3 is 1. The number of pyridine rings is 1. The second-order valence-corrected chi connectivity index (χ2v) is 6.55. The molecule has 3 aromatic rings. The quantitative estimate of drug-likeness (QED) is 0.747. The lowest BCUT2D eigenvalue weighted by Gasteiger charge is -2.13. The van der Waals surface area contributed by atoms with Crippen LogP contribution in [0.5, 0.6) is 11.6 Å². The Labute approximate surface area is 160 Å². The maximum absolute atomic E-state index is 12.7. The van der Waals surface area contributed by atoms with Gasteiger partial charge >= 0.3 is 0 Å². The molecule has 1 aliphatic heterocycles. The molecule has 138 valence electrons. The molecule has 8 heteroatoms. The normalized spacial score (nSPS) is 15.1. The maximum Gasteiger partial charge on any atom is 0.270 e. The molecule has 4 rings (SSSR count). The molecule has 0 aliphatic carbocycles. The summed E-state index contributed by atoms with van der Waals surface area (Å²) in [6.07, 6.45) is 3.53. The molecule has 3 heterocycles. The topological polar surface area (TPSA) is 78.3 Å². The fourth-order valence-corrected chi connectivity index (χ4v) is 3.26. The number of benzene rings is 1. The van der Waals surface area contributed by atoms with Crippen molar-refractivity contribution >= 4 is 17.5 Å². The van der Waals surface area contributed by atoms with Gasteiger partial charge in [0, 0.05) is 11.8 Å². The number of halogens is 1. The van der Waals surface area contributed by atoms with Gasteiger partial charge in [-0.25, -0.2) is 9.97 Å². The number of hydrogen-bond donors (Lipinski definition) is 1. The van der Waals surface area contributed by atoms with Gasteiger partial charge in [-0.1, -0.05) is 23.7 Å². The maximum atomic E-state index is 12.7. The molecule has 27 heavy (non-hydrogen) atoms. The van der Waals surface area contributed by atoms with Gasteiger partial charge in [0.05, 0.1) is 30.2 Å². The summed E-state index contributed by atoms with van der Waals surface area (Å²) in [6, 6.07) is 8.62. The van der Waals surface area contributed by atoms with E-state index in [2.05, 4.69) is 15.3 Å². The van der Waals surface area contributed by atoms with Crippen LogP contribution in [-0.4, -0.2) is 34.2 Å². The number of carbonyl (C=O) groups is 1. The molecule has 7 nitrogen and oxygen atoms in total. The van der Waals surface area contributed by atoms with E-state index >= 15 is 0 Å². The van der Waals surface area contributed by atoms with Gasteiger partial charge in [-0.15, -0.1) is 0 Å². The fourth-order valence-electron chi connectivity index (χ4n) is 3.02. The van der Waals surface area contributed by atoms with E-state index in [1.807, 2.05) is 25.3 Å². The Morgan fingerprint density at radius 1 is 1.37 bits per heavy atom. The SMILES string of the molecule is COc1nc(C(=O)N[C@@H]2COc3c(Cl)cccc32)ccc1-n1cnc(C)c1. The van der Waals surface area contributed by atoms with Crippen molar-refractivity contribution in [2.45, 2.75) is 13.0 Å². The first kappa shape index (κ1) is 17.4. The molecule has 2 aromatic heterocycles. The highest BCUT2D eigenvalue weighted by Crippen LogP contribution is 2.38. The molecule has 0 fully saturated rings. The van der Waals surface area contributed by atoms with Crippen LogP contribution >= 0.6 is 11.6 Å². The molecule has 1 atom stereocenters. The minimum absolute atomic E-state index is 0.253. The zero-order valence-electron chi connectivity index (χ0n) is 14.8. The van der Waals surface area contributed by atoms with Gasteiger partial charge in [0.2, 0.25) is 5.88 Å². The van der Waals surface area contributed by atoms with E-state index in [0.29, 0.717) is 28.9 Å². The molecule has 0 bridgehead atoms. The van der Waals surface area contributed by atoms with Crippen LogP contribution in [0.15, 0.2) is 42.9 Å². The standard InChI is InChI=1S/C19H17ClN4O3/c1-11-8-24(10-21-11)16-7-6-14(23-19(16)26-2)18(25)22-15-9-27-17-12(15)4-3-5-13(17)20/h3-8,10,15H,9H2,1-2H3,(H,22,25)/t15-/m1/s1. The van der Waals surface area contributed by atoms with Crippen molar-refractivity contribution in [3.63, 3.8) is 0 Å². The third-order valence-electron chi connectivity index (χ3n) is 4.33. The summed E-state index contributed by atoms with van der Waals surface area (Å²) in [6.45, 7) is 2.22. The molecular weight excluding hydrogens is 368 g/mol. The third-order valence-corrected chi connectivity index (χ3v) is 4.63. The summed E-state index contributed by atoms with van der Waals surface area (Å²) in [5, 5.41) is 3.46. The van der Waals surface area contributed by atoms with E-state index in [1.165, 1.54) is 7.11 Å². The van der Waals surface area contributed by atoms with Crippen molar-refractivity contribution in [3.05, 3.63) is 64.8 Å². The van der Waals surface area contributed by atoms with Crippen molar-refractivity contribution in [1.82, 2.24) is 19.9 Å². The number of amides is 1. The van der Waals surface area contributed by atoms with Crippen LogP contribution in [0.25, 0.3) is 5.69 Å². The van der Waals surface area contributed by atoms with E-state index in [0.717, 1.165) is 11.3 Å². The Bertz CT molecular complexity index is 1020. The van der Waals surface area contributed by atoms with Gasteiger partial charge < -0.3 is 19.4 Å². The number of para-hydroxylation sites is 1. The molecule has 1 amide bonds. The predicted molar refractivity (Wildman–Crippen MR) is 99.8 cm³/mol. The van der Waals surface area contributed by atoms with Crippen LogP contribution in [0.3, 0.4) is 0 Å². The summed E-state index contributed by atoms with van der Waals surface area (Å²) in [4.78, 5) is 21.2. The first-order chi connectivity index (χ1) is 13.1. The van der Waals surface area contributed by atoms with Crippen LogP contribution in [0, 0.1) is 6.92 Å². The average molecular weight is 385 g/mol. The zero-order valence-corrected chi connectivity index (χ0v) is 15.5. The molecule has 0 saturated heterocycles. The fraction of sp³-hybridized carbons (Fsp3) is 0.211. The van der Waals surface area contributed by atoms with Gasteiger partial charge in [0.15, 0.2) is 0 Å². The van der Waals surface area contributed by atoms with Crippen molar-refractivity contribution < 1.29 is 14.3 Å². The number of aryl methyl sites for hydroxylation is 1. The van der Waals surface area contributed by atoms with E-state index < -0.39 is 0 Å². The lowest BCUT2D eigenvalue weighted by atomic mass is 10.1. The molecule has 1 aromatic carbocycles. The first-order valence-corrected chi connectivity index (χ1v) is 8.72. The van der Waals surface area contributed by atoms with E-state index in [-0.39, 0.29) is 17.6 Å². The minimum atomic E-state index is -0.317. The first-order valence-electron chi connectivity index (χ1n) is 8.35. The summed E-state index contributed by atoms with van der Waals surface area (Å²) >= 11 is 6.13. The largest absolute Gasteiger partial charge is 0.489 e. The number of fused-ring (bicyclic) bond motifs is 1. The molecule has 0 unspecified atom stereocenters. The van der Waals surface area contributed by atoms with Gasteiger partial charge in [-0.05, 0) is 25.1 Å². The number of nitrogens with zero attached hydrogens (tertiary/aromatic N) is 3. The number of ether oxygens (including phenoxy) is 2. The summed E-state index contributed by atoms with van der Waals surface area (Å²) in [5.41, 5.74) is 2.68. The molecule has 0 saturated carbocycles. The van der Waals surface area contributed by atoms with Crippen molar-refractivity contribution in [3.8, 4) is 17.3 Å². The Kier molecular flexibility index (Phi) is 4.45. The number of carbonyl (C=O) groups excluding carboxylic acids is 1. The lowest BCUT2D eigenvalue weighted by Crippen LogP contribution is -2.30. The van der Waals surface area contributed by atoms with Crippen LogP contribution in [0.1, 0.15) is 27.8 Å². The Hall–Kier alpha value is -3.06. The van der Waals surface area contributed by atoms with Crippen LogP contribution in [0.4, 0.5) is 0 Å². The number of hydrogen-bond acceptors (Lipinski definition) is 5. The van der Waals surface area contributed by atoms with Gasteiger partial charge in [0.25, 0.3) is 5.91 Å². The summed E-state index contributed by atoms with van der Waals surface area (Å²) < 4.78 is 12.8. The number of imidazole rings is 1. The summed E-state index contributed by atoms with van der Waals surface area (Å²) in [5.74, 6) is 0.634. The van der Waals surface area contributed by atoms with Crippen molar-refractivity contribution in [2.24, 2.45) is 0 Å². The molecule has 1 N–H and O–H groups in total. The van der Waals surface area contributed by atoms with Gasteiger partial charge in [0.1, 0.15) is 23.7 Å². The van der Waals surface area contributed by atoms with Gasteiger partial charge in [-0.2, -0.15) is 0 Å². The van der Waals surface area contributed by atoms with Crippen LogP contribution in [-0.2, 0) is 0 Å². The smallest absolute Gasteiger partial charge is 0.270 e.